The van der Waals surface area contributed by atoms with Crippen LogP contribution in [-0.2, 0) is 6.42 Å². The first-order valence-corrected chi connectivity index (χ1v) is 6.49. The van der Waals surface area contributed by atoms with Crippen LogP contribution in [0.4, 0.5) is 5.82 Å². The maximum Gasteiger partial charge on any atom is 0.271 e. The SMILES string of the molecule is CCNc1ccc(C(=O)NCCCc2ncn[nH]2)nn1. The molecule has 0 bridgehead atoms. The average Bonchev–Trinajstić information content (AvgIpc) is 2.98. The van der Waals surface area contributed by atoms with Crippen LogP contribution in [0, 0.1) is 0 Å². The number of hydrogen-bond acceptors (Lipinski definition) is 6. The predicted molar refractivity (Wildman–Crippen MR) is 73.2 cm³/mol. The molecule has 0 radical (unpaired) electrons. The molecule has 2 rings (SSSR count). The molecule has 2 aromatic heterocycles. The van der Waals surface area contributed by atoms with Gasteiger partial charge in [0.15, 0.2) is 5.69 Å². The fraction of sp³-hybridized carbons (Fsp3) is 0.417. The minimum Gasteiger partial charge on any atom is -0.369 e. The normalized spacial score (nSPS) is 10.2. The summed E-state index contributed by atoms with van der Waals surface area (Å²) in [6.07, 6.45) is 2.99. The van der Waals surface area contributed by atoms with Crippen molar-refractivity contribution in [3.63, 3.8) is 0 Å². The number of rotatable bonds is 7. The summed E-state index contributed by atoms with van der Waals surface area (Å²) in [4.78, 5) is 15.8. The molecule has 2 aromatic rings. The summed E-state index contributed by atoms with van der Waals surface area (Å²) < 4.78 is 0. The summed E-state index contributed by atoms with van der Waals surface area (Å²) >= 11 is 0. The van der Waals surface area contributed by atoms with Crippen LogP contribution in [0.5, 0.6) is 0 Å². The molecule has 8 heteroatoms. The van der Waals surface area contributed by atoms with E-state index in [-0.39, 0.29) is 5.91 Å². The van der Waals surface area contributed by atoms with Gasteiger partial charge < -0.3 is 10.6 Å². The maximum atomic E-state index is 11.8. The Morgan fingerprint density at radius 3 is 2.90 bits per heavy atom. The number of amides is 1. The van der Waals surface area contributed by atoms with Crippen molar-refractivity contribution in [2.24, 2.45) is 0 Å². The third kappa shape index (κ3) is 4.01. The lowest BCUT2D eigenvalue weighted by Crippen LogP contribution is -2.26. The van der Waals surface area contributed by atoms with Crippen molar-refractivity contribution in [3.05, 3.63) is 30.0 Å². The largest absolute Gasteiger partial charge is 0.369 e. The van der Waals surface area contributed by atoms with Crippen LogP contribution in [0.3, 0.4) is 0 Å². The molecule has 0 saturated heterocycles. The number of hydrogen-bond donors (Lipinski definition) is 3. The smallest absolute Gasteiger partial charge is 0.271 e. The van der Waals surface area contributed by atoms with Gasteiger partial charge in [-0.05, 0) is 25.5 Å². The molecule has 0 aliphatic heterocycles. The molecule has 0 aliphatic rings. The zero-order valence-corrected chi connectivity index (χ0v) is 11.3. The van der Waals surface area contributed by atoms with Crippen LogP contribution >= 0.6 is 0 Å². The van der Waals surface area contributed by atoms with E-state index in [0.717, 1.165) is 25.2 Å². The Morgan fingerprint density at radius 2 is 2.25 bits per heavy atom. The molecule has 8 nitrogen and oxygen atoms in total. The Hall–Kier alpha value is -2.51. The molecular weight excluding hydrogens is 258 g/mol. The van der Waals surface area contributed by atoms with E-state index >= 15 is 0 Å². The van der Waals surface area contributed by atoms with Crippen molar-refractivity contribution in [3.8, 4) is 0 Å². The zero-order valence-electron chi connectivity index (χ0n) is 11.3. The molecule has 20 heavy (non-hydrogen) atoms. The van der Waals surface area contributed by atoms with Gasteiger partial charge in [-0.3, -0.25) is 9.89 Å². The van der Waals surface area contributed by atoms with Crippen LogP contribution in [0.1, 0.15) is 29.7 Å². The highest BCUT2D eigenvalue weighted by atomic mass is 16.1. The predicted octanol–water partition coefficient (Wildman–Crippen LogP) is 0.389. The number of nitrogens with one attached hydrogen (secondary N) is 3. The van der Waals surface area contributed by atoms with Crippen molar-refractivity contribution in [1.29, 1.82) is 0 Å². The molecule has 2 heterocycles. The lowest BCUT2D eigenvalue weighted by Gasteiger charge is -2.04. The van der Waals surface area contributed by atoms with E-state index in [1.54, 1.807) is 12.1 Å². The second-order valence-corrected chi connectivity index (χ2v) is 4.13. The van der Waals surface area contributed by atoms with E-state index in [1.807, 2.05) is 6.92 Å². The topological polar surface area (TPSA) is 108 Å². The number of aromatic amines is 1. The average molecular weight is 275 g/mol. The lowest BCUT2D eigenvalue weighted by atomic mass is 10.3. The third-order valence-corrected chi connectivity index (χ3v) is 2.60. The van der Waals surface area contributed by atoms with Crippen molar-refractivity contribution < 1.29 is 4.79 Å². The van der Waals surface area contributed by atoms with Gasteiger partial charge in [-0.1, -0.05) is 0 Å². The number of aromatic nitrogens is 5. The van der Waals surface area contributed by atoms with Crippen LogP contribution in [-0.4, -0.2) is 44.4 Å². The molecular formula is C12H17N7O. The highest BCUT2D eigenvalue weighted by Gasteiger charge is 2.07. The molecule has 0 atom stereocenters. The van der Waals surface area contributed by atoms with Gasteiger partial charge >= 0.3 is 0 Å². The number of carbonyl (C=O) groups is 1. The Labute approximate surface area is 116 Å². The number of anilines is 1. The maximum absolute atomic E-state index is 11.8. The molecule has 106 valence electrons. The Bertz CT molecular complexity index is 523. The van der Waals surface area contributed by atoms with Gasteiger partial charge in [0.25, 0.3) is 5.91 Å². The highest BCUT2D eigenvalue weighted by molar-refractivity contribution is 5.92. The Morgan fingerprint density at radius 1 is 1.35 bits per heavy atom. The second-order valence-electron chi connectivity index (χ2n) is 4.13. The van der Waals surface area contributed by atoms with Crippen molar-refractivity contribution in [2.75, 3.05) is 18.4 Å². The van der Waals surface area contributed by atoms with Gasteiger partial charge in [0, 0.05) is 19.5 Å². The molecule has 0 fully saturated rings. The molecule has 0 spiro atoms. The Balaban J connectivity index is 1.73. The zero-order chi connectivity index (χ0) is 14.2. The first kappa shape index (κ1) is 13.9. The van der Waals surface area contributed by atoms with Gasteiger partial charge in [-0.15, -0.1) is 10.2 Å². The summed E-state index contributed by atoms with van der Waals surface area (Å²) in [6, 6.07) is 3.39. The monoisotopic (exact) mass is 275 g/mol. The van der Waals surface area contributed by atoms with Gasteiger partial charge in [0.05, 0.1) is 0 Å². The fourth-order valence-electron chi connectivity index (χ4n) is 1.63. The van der Waals surface area contributed by atoms with Crippen molar-refractivity contribution in [1.82, 2.24) is 30.7 Å². The molecule has 1 amide bonds. The minimum absolute atomic E-state index is 0.224. The molecule has 0 saturated carbocycles. The van der Waals surface area contributed by atoms with Gasteiger partial charge in [0.1, 0.15) is 18.0 Å². The summed E-state index contributed by atoms with van der Waals surface area (Å²) in [6.45, 7) is 3.29. The summed E-state index contributed by atoms with van der Waals surface area (Å²) in [7, 11) is 0. The fourth-order valence-corrected chi connectivity index (χ4v) is 1.63. The Kier molecular flexibility index (Phi) is 4.99. The van der Waals surface area contributed by atoms with E-state index in [2.05, 4.69) is 36.0 Å². The first-order valence-electron chi connectivity index (χ1n) is 6.49. The van der Waals surface area contributed by atoms with E-state index in [0.29, 0.717) is 18.1 Å². The summed E-state index contributed by atoms with van der Waals surface area (Å²) in [5, 5.41) is 20.1. The number of nitrogens with zero attached hydrogens (tertiary/aromatic N) is 4. The second kappa shape index (κ2) is 7.17. The van der Waals surface area contributed by atoms with Crippen molar-refractivity contribution >= 4 is 11.7 Å². The van der Waals surface area contributed by atoms with Crippen molar-refractivity contribution in [2.45, 2.75) is 19.8 Å². The molecule has 3 N–H and O–H groups in total. The first-order chi connectivity index (χ1) is 9.79. The molecule has 0 aromatic carbocycles. The standard InChI is InChI=1S/C12H17N7O/c1-2-13-11-6-5-9(17-19-11)12(20)14-7-3-4-10-15-8-16-18-10/h5-6,8H,2-4,7H2,1H3,(H,13,19)(H,14,20)(H,15,16,18). The molecule has 0 aliphatic carbocycles. The summed E-state index contributed by atoms with van der Waals surface area (Å²) in [5.41, 5.74) is 0.311. The van der Waals surface area contributed by atoms with Crippen LogP contribution in [0.15, 0.2) is 18.5 Å². The number of H-pyrrole nitrogens is 1. The van der Waals surface area contributed by atoms with E-state index in [1.165, 1.54) is 6.33 Å². The summed E-state index contributed by atoms with van der Waals surface area (Å²) in [5.74, 6) is 1.25. The highest BCUT2D eigenvalue weighted by Crippen LogP contribution is 2.01. The van der Waals surface area contributed by atoms with Crippen LogP contribution in [0.25, 0.3) is 0 Å². The lowest BCUT2D eigenvalue weighted by molar-refractivity contribution is 0.0947. The van der Waals surface area contributed by atoms with E-state index in [4.69, 9.17) is 0 Å². The minimum atomic E-state index is -0.224. The van der Waals surface area contributed by atoms with Gasteiger partial charge in [-0.2, -0.15) is 5.10 Å². The third-order valence-electron chi connectivity index (χ3n) is 2.60. The number of carbonyl (C=O) groups excluding carboxylic acids is 1. The van der Waals surface area contributed by atoms with Gasteiger partial charge in [-0.25, -0.2) is 4.98 Å². The number of aryl methyl sites for hydroxylation is 1. The quantitative estimate of drug-likeness (QED) is 0.631. The van der Waals surface area contributed by atoms with Crippen LogP contribution < -0.4 is 10.6 Å². The van der Waals surface area contributed by atoms with Gasteiger partial charge in [0.2, 0.25) is 0 Å². The van der Waals surface area contributed by atoms with E-state index in [9.17, 15) is 4.79 Å². The molecule has 0 unspecified atom stereocenters. The van der Waals surface area contributed by atoms with Crippen LogP contribution in [0.2, 0.25) is 0 Å². The van der Waals surface area contributed by atoms with E-state index < -0.39 is 0 Å².